The zero-order chi connectivity index (χ0) is 25.2. The van der Waals surface area contributed by atoms with E-state index in [1.165, 1.54) is 0 Å². The van der Waals surface area contributed by atoms with Crippen molar-refractivity contribution in [2.24, 2.45) is 4.99 Å². The number of hydrogen-bond acceptors (Lipinski definition) is 7. The number of aliphatic imine (C=N–C) groups is 1. The molecule has 0 aliphatic carbocycles. The highest BCUT2D eigenvalue weighted by molar-refractivity contribution is 6.77. The monoisotopic (exact) mass is 491 g/mol. The van der Waals surface area contributed by atoms with Gasteiger partial charge in [0.15, 0.2) is 19.5 Å². The highest BCUT2D eigenvalue weighted by atomic mass is 28.4. The maximum atomic E-state index is 12.5. The van der Waals surface area contributed by atoms with Crippen molar-refractivity contribution in [2.45, 2.75) is 70.5 Å². The predicted octanol–water partition coefficient (Wildman–Crippen LogP) is 3.36. The van der Waals surface area contributed by atoms with Crippen LogP contribution in [0.2, 0.25) is 16.6 Å². The fourth-order valence-corrected chi connectivity index (χ4v) is 10.8. The van der Waals surface area contributed by atoms with E-state index in [2.05, 4.69) is 73.4 Å². The lowest BCUT2D eigenvalue weighted by Gasteiger charge is -2.44. The molecule has 1 aliphatic heterocycles. The van der Waals surface area contributed by atoms with Crippen molar-refractivity contribution in [3.8, 4) is 0 Å². The number of imidazole rings is 1. The van der Waals surface area contributed by atoms with E-state index in [0.717, 1.165) is 6.54 Å². The summed E-state index contributed by atoms with van der Waals surface area (Å²) in [5.41, 5.74) is 1.96. The molecule has 3 heterocycles. The first kappa shape index (κ1) is 26.5. The Morgan fingerprint density at radius 3 is 2.47 bits per heavy atom. The summed E-state index contributed by atoms with van der Waals surface area (Å²) >= 11 is 0. The molecule has 0 amide bonds. The Hall–Kier alpha value is -2.08. The molecule has 0 bridgehead atoms. The summed E-state index contributed by atoms with van der Waals surface area (Å²) in [7, 11) is 3.79. The van der Waals surface area contributed by atoms with Crippen LogP contribution >= 0.6 is 0 Å². The molecule has 34 heavy (non-hydrogen) atoms. The van der Waals surface area contributed by atoms with Gasteiger partial charge < -0.3 is 14.1 Å². The van der Waals surface area contributed by atoms with Crippen LogP contribution in [0.1, 0.15) is 47.8 Å². The number of morpholine rings is 1. The van der Waals surface area contributed by atoms with E-state index in [1.807, 2.05) is 18.7 Å². The van der Waals surface area contributed by atoms with Gasteiger partial charge in [-0.2, -0.15) is 4.98 Å². The minimum Gasteiger partial charge on any atom is -0.413 e. The Labute approximate surface area is 203 Å². The number of nitrogens with one attached hydrogen (secondary N) is 1. The van der Waals surface area contributed by atoms with Crippen molar-refractivity contribution in [3.63, 3.8) is 0 Å². The Morgan fingerprint density at radius 1 is 1.24 bits per heavy atom. The molecule has 2 atom stereocenters. The molecular weight excluding hydrogens is 450 g/mol. The smallest absolute Gasteiger partial charge is 0.280 e. The van der Waals surface area contributed by atoms with Gasteiger partial charge in [0.25, 0.3) is 5.56 Å². The highest BCUT2D eigenvalue weighted by Crippen LogP contribution is 2.42. The lowest BCUT2D eigenvalue weighted by molar-refractivity contribution is -0.126. The molecule has 1 fully saturated rings. The molecule has 2 unspecified atom stereocenters. The Morgan fingerprint density at radius 2 is 1.88 bits per heavy atom. The number of aromatic nitrogens is 4. The zero-order valence-electron chi connectivity index (χ0n) is 22.1. The molecule has 1 aliphatic rings. The van der Waals surface area contributed by atoms with Crippen LogP contribution in [0.15, 0.2) is 16.1 Å². The lowest BCUT2D eigenvalue weighted by atomic mass is 10.3. The molecule has 0 spiro atoms. The molecule has 1 saturated heterocycles. The average molecular weight is 492 g/mol. The van der Waals surface area contributed by atoms with Gasteiger partial charge in [-0.3, -0.25) is 19.2 Å². The third kappa shape index (κ3) is 5.42. The summed E-state index contributed by atoms with van der Waals surface area (Å²) in [4.78, 5) is 32.3. The van der Waals surface area contributed by atoms with Gasteiger partial charge >= 0.3 is 0 Å². The highest BCUT2D eigenvalue weighted by Gasteiger charge is 2.45. The molecule has 0 saturated carbocycles. The van der Waals surface area contributed by atoms with Gasteiger partial charge in [0.1, 0.15) is 6.23 Å². The summed E-state index contributed by atoms with van der Waals surface area (Å²) in [6, 6.07) is 0. The van der Waals surface area contributed by atoms with Gasteiger partial charge in [-0.1, -0.05) is 41.5 Å². The molecule has 11 heteroatoms. The fraction of sp³-hybridized carbons (Fsp3) is 0.739. The summed E-state index contributed by atoms with van der Waals surface area (Å²) in [5.74, 6) is 0.235. The van der Waals surface area contributed by atoms with Gasteiger partial charge in [0, 0.05) is 27.2 Å². The first-order chi connectivity index (χ1) is 16.0. The van der Waals surface area contributed by atoms with Crippen molar-refractivity contribution in [1.29, 1.82) is 0 Å². The minimum absolute atomic E-state index is 0.0856. The van der Waals surface area contributed by atoms with E-state index >= 15 is 0 Å². The van der Waals surface area contributed by atoms with Crippen LogP contribution in [0, 0.1) is 0 Å². The minimum atomic E-state index is -1.99. The SMILES string of the molecule is CC(C)[Si](OCC1CN(C)CC(n2cnc3c(=O)[nH]c(N=CN(C)C)nc32)O1)(C(C)C)C(C)C. The summed E-state index contributed by atoms with van der Waals surface area (Å²) in [5, 5.41) is 0. The van der Waals surface area contributed by atoms with Gasteiger partial charge in [-0.15, -0.1) is 0 Å². The molecular formula is C23H41N7O3Si. The fourth-order valence-electron chi connectivity index (χ4n) is 5.34. The van der Waals surface area contributed by atoms with Crippen molar-refractivity contribution in [2.75, 3.05) is 40.8 Å². The van der Waals surface area contributed by atoms with Gasteiger partial charge in [0.05, 0.1) is 25.4 Å². The van der Waals surface area contributed by atoms with Gasteiger partial charge in [-0.25, -0.2) is 9.98 Å². The lowest BCUT2D eigenvalue weighted by Crippen LogP contribution is -2.52. The summed E-state index contributed by atoms with van der Waals surface area (Å²) in [6.07, 6.45) is 2.81. The topological polar surface area (TPSA) is 101 Å². The van der Waals surface area contributed by atoms with E-state index < -0.39 is 8.32 Å². The van der Waals surface area contributed by atoms with Crippen molar-refractivity contribution in [1.82, 2.24) is 29.3 Å². The van der Waals surface area contributed by atoms with Gasteiger partial charge in [-0.05, 0) is 23.7 Å². The molecule has 2 aromatic rings. The molecule has 1 N–H and O–H groups in total. The number of hydrogen-bond donors (Lipinski definition) is 1. The zero-order valence-corrected chi connectivity index (χ0v) is 23.1. The third-order valence-electron chi connectivity index (χ3n) is 6.70. The number of H-pyrrole nitrogens is 1. The Kier molecular flexibility index (Phi) is 8.33. The summed E-state index contributed by atoms with van der Waals surface area (Å²) in [6.45, 7) is 15.8. The number of aromatic amines is 1. The molecule has 0 aromatic carbocycles. The first-order valence-corrected chi connectivity index (χ1v) is 14.2. The van der Waals surface area contributed by atoms with Crippen molar-refractivity contribution >= 4 is 31.8 Å². The van der Waals surface area contributed by atoms with Crippen LogP contribution in [0.4, 0.5) is 5.95 Å². The van der Waals surface area contributed by atoms with Crippen LogP contribution in [0.5, 0.6) is 0 Å². The molecule has 0 radical (unpaired) electrons. The molecule has 190 valence electrons. The number of ether oxygens (including phenoxy) is 1. The van der Waals surface area contributed by atoms with E-state index in [0.29, 0.717) is 35.4 Å². The third-order valence-corrected chi connectivity index (χ3v) is 12.8. The molecule has 10 nitrogen and oxygen atoms in total. The normalized spacial score (nSPS) is 20.5. The number of rotatable bonds is 9. The standard InChI is InChI=1S/C23H41N7O3Si/c1-15(2)34(16(3)4,17(5)6)32-12-18-10-29(9)11-19(33-18)30-14-24-20-21(30)26-23(27-22(20)31)25-13-28(7)8/h13-19H,10-12H2,1-9H3,(H,26,27,31). The number of nitrogens with zero attached hydrogens (tertiary/aromatic N) is 6. The maximum Gasteiger partial charge on any atom is 0.280 e. The van der Waals surface area contributed by atoms with Crippen LogP contribution in [-0.2, 0) is 9.16 Å². The second-order valence-corrected chi connectivity index (χ2v) is 15.9. The van der Waals surface area contributed by atoms with Crippen molar-refractivity contribution in [3.05, 3.63) is 16.7 Å². The largest absolute Gasteiger partial charge is 0.413 e. The molecule has 2 aromatic heterocycles. The second-order valence-electron chi connectivity index (χ2n) is 10.5. The maximum absolute atomic E-state index is 12.5. The van der Waals surface area contributed by atoms with E-state index in [1.54, 1.807) is 17.6 Å². The average Bonchev–Trinajstić information content (AvgIpc) is 3.16. The quantitative estimate of drug-likeness (QED) is 0.326. The van der Waals surface area contributed by atoms with E-state index in [-0.39, 0.29) is 29.4 Å². The van der Waals surface area contributed by atoms with Crippen LogP contribution in [0.25, 0.3) is 11.2 Å². The number of likely N-dealkylation sites (N-methyl/N-ethyl adjacent to an activating group) is 1. The summed E-state index contributed by atoms with van der Waals surface area (Å²) < 4.78 is 15.2. The van der Waals surface area contributed by atoms with Crippen LogP contribution < -0.4 is 5.56 Å². The second kappa shape index (κ2) is 10.7. The van der Waals surface area contributed by atoms with E-state index in [4.69, 9.17) is 9.16 Å². The van der Waals surface area contributed by atoms with Crippen LogP contribution in [-0.4, -0.2) is 90.9 Å². The first-order valence-electron chi connectivity index (χ1n) is 12.1. The predicted molar refractivity (Wildman–Crippen MR) is 138 cm³/mol. The van der Waals surface area contributed by atoms with Crippen LogP contribution in [0.3, 0.4) is 0 Å². The molecule has 3 rings (SSSR count). The Balaban J connectivity index is 1.85. The Bertz CT molecular complexity index is 1030. The van der Waals surface area contributed by atoms with Crippen molar-refractivity contribution < 1.29 is 9.16 Å². The van der Waals surface area contributed by atoms with E-state index in [9.17, 15) is 4.79 Å². The van der Waals surface area contributed by atoms with Gasteiger partial charge in [0.2, 0.25) is 5.95 Å². The number of fused-ring (bicyclic) bond motifs is 1.